The number of anilines is 1. The fraction of sp³-hybridized carbons (Fsp3) is 0.367. The number of ether oxygens (including phenoxy) is 2. The molecule has 14 heteroatoms. The highest BCUT2D eigenvalue weighted by molar-refractivity contribution is 5.82. The Morgan fingerprint density at radius 3 is 2.27 bits per heavy atom. The first-order valence-electron chi connectivity index (χ1n) is 14.0. The van der Waals surface area contributed by atoms with Crippen LogP contribution in [0.3, 0.4) is 0 Å². The lowest BCUT2D eigenvalue weighted by molar-refractivity contribution is -0.384. The van der Waals surface area contributed by atoms with Crippen LogP contribution in [0.1, 0.15) is 26.3 Å². The second-order valence-corrected chi connectivity index (χ2v) is 11.2. The quantitative estimate of drug-likeness (QED) is 0.295. The molecule has 3 aromatic rings. The number of likely N-dealkylation sites (N-methyl/N-ethyl adjacent to an activating group) is 1. The first kappa shape index (κ1) is 31.7. The number of nitro groups is 1. The highest BCUT2D eigenvalue weighted by atomic mass is 16.6. The zero-order valence-corrected chi connectivity index (χ0v) is 25.1. The largest absolute Gasteiger partial charge is 0.444 e. The first-order valence-corrected chi connectivity index (χ1v) is 14.0. The lowest BCUT2D eigenvalue weighted by Gasteiger charge is -2.34. The van der Waals surface area contributed by atoms with Crippen molar-refractivity contribution in [2.24, 2.45) is 0 Å². The maximum atomic E-state index is 12.5. The fourth-order valence-electron chi connectivity index (χ4n) is 4.33. The minimum absolute atomic E-state index is 0.0808. The summed E-state index contributed by atoms with van der Waals surface area (Å²) in [5.41, 5.74) is 1.87. The van der Waals surface area contributed by atoms with Crippen LogP contribution in [0, 0.1) is 10.1 Å². The molecular formula is C30H35N7O7. The predicted molar refractivity (Wildman–Crippen MR) is 161 cm³/mol. The van der Waals surface area contributed by atoms with Crippen molar-refractivity contribution in [2.45, 2.75) is 32.9 Å². The van der Waals surface area contributed by atoms with E-state index >= 15 is 0 Å². The summed E-state index contributed by atoms with van der Waals surface area (Å²) in [6.07, 6.45) is 2.29. The third kappa shape index (κ3) is 8.86. The number of carbonyl (C=O) groups excluding carboxylic acids is 3. The number of alkyl carbamates (subject to hydrolysis) is 1. The molecule has 2 heterocycles. The highest BCUT2D eigenvalue weighted by Gasteiger charge is 2.24. The van der Waals surface area contributed by atoms with Crippen molar-refractivity contribution < 1.29 is 28.8 Å². The van der Waals surface area contributed by atoms with Gasteiger partial charge in [-0.25, -0.2) is 19.6 Å². The van der Waals surface area contributed by atoms with E-state index in [1.54, 1.807) is 45.1 Å². The molecule has 1 fully saturated rings. The number of nitrogens with zero attached hydrogens (tertiary/aromatic N) is 6. The molecule has 0 radical (unpaired) electrons. The molecule has 1 N–H and O–H groups in total. The lowest BCUT2D eigenvalue weighted by atomic mass is 10.1. The Morgan fingerprint density at radius 1 is 1.00 bits per heavy atom. The van der Waals surface area contributed by atoms with Crippen molar-refractivity contribution in [3.63, 3.8) is 0 Å². The Morgan fingerprint density at radius 2 is 1.66 bits per heavy atom. The van der Waals surface area contributed by atoms with Gasteiger partial charge in [-0.3, -0.25) is 14.9 Å². The van der Waals surface area contributed by atoms with Crippen LogP contribution in [0.4, 0.5) is 21.2 Å². The lowest BCUT2D eigenvalue weighted by Crippen LogP contribution is -2.50. The average molecular weight is 606 g/mol. The smallest absolute Gasteiger partial charge is 0.415 e. The number of non-ortho nitro benzene ring substituents is 1. The summed E-state index contributed by atoms with van der Waals surface area (Å²) in [6.45, 7) is 7.25. The molecule has 4 rings (SSSR count). The number of carbonyl (C=O) groups is 3. The Kier molecular flexibility index (Phi) is 9.93. The standard InChI is InChI=1S/C30H35N7O7/c1-30(2,3)44-28(39)33-19-26(38)34(4)20-21-6-5-7-22(16-21)23-17-31-27(32-18-23)35-12-14-36(15-13-35)29(40)43-25-10-8-24(9-11-25)37(41)42/h5-11,16-18H,12-15,19-20H2,1-4H3,(H,33,39). The highest BCUT2D eigenvalue weighted by Crippen LogP contribution is 2.22. The Balaban J connectivity index is 1.27. The van der Waals surface area contributed by atoms with Crippen LogP contribution >= 0.6 is 0 Å². The van der Waals surface area contributed by atoms with Gasteiger partial charge >= 0.3 is 12.2 Å². The fourth-order valence-corrected chi connectivity index (χ4v) is 4.33. The predicted octanol–water partition coefficient (Wildman–Crippen LogP) is 3.86. The second kappa shape index (κ2) is 13.8. The maximum absolute atomic E-state index is 12.5. The van der Waals surface area contributed by atoms with Gasteiger partial charge in [0.25, 0.3) is 5.69 Å². The van der Waals surface area contributed by atoms with Crippen LogP contribution in [-0.4, -0.2) is 88.2 Å². The average Bonchev–Trinajstić information content (AvgIpc) is 2.99. The Labute approximate surface area is 254 Å². The van der Waals surface area contributed by atoms with Crippen LogP contribution in [0.15, 0.2) is 60.9 Å². The molecule has 0 atom stereocenters. The van der Waals surface area contributed by atoms with E-state index in [0.717, 1.165) is 16.7 Å². The molecule has 1 saturated heterocycles. The first-order chi connectivity index (χ1) is 20.9. The molecule has 0 unspecified atom stereocenters. The minimum Gasteiger partial charge on any atom is -0.444 e. The number of piperazine rings is 1. The van der Waals surface area contributed by atoms with E-state index in [1.165, 1.54) is 29.2 Å². The summed E-state index contributed by atoms with van der Waals surface area (Å²) >= 11 is 0. The number of nitrogens with one attached hydrogen (secondary N) is 1. The van der Waals surface area contributed by atoms with E-state index in [4.69, 9.17) is 9.47 Å². The van der Waals surface area contributed by atoms with Gasteiger partial charge in [-0.05, 0) is 50.1 Å². The van der Waals surface area contributed by atoms with Crippen molar-refractivity contribution in [2.75, 3.05) is 44.7 Å². The SMILES string of the molecule is CN(Cc1cccc(-c2cnc(N3CCN(C(=O)Oc4ccc([N+](=O)[O-])cc4)CC3)nc2)c1)C(=O)CNC(=O)OC(C)(C)C. The number of aromatic nitrogens is 2. The van der Waals surface area contributed by atoms with E-state index in [1.807, 2.05) is 29.2 Å². The van der Waals surface area contributed by atoms with Crippen LogP contribution in [0.25, 0.3) is 11.1 Å². The molecule has 1 aromatic heterocycles. The zero-order valence-electron chi connectivity index (χ0n) is 25.1. The molecule has 3 amide bonds. The van der Waals surface area contributed by atoms with Crippen molar-refractivity contribution in [1.82, 2.24) is 25.1 Å². The Bertz CT molecular complexity index is 1480. The summed E-state index contributed by atoms with van der Waals surface area (Å²) in [4.78, 5) is 61.3. The molecular weight excluding hydrogens is 570 g/mol. The Hall–Kier alpha value is -5.27. The summed E-state index contributed by atoms with van der Waals surface area (Å²) < 4.78 is 10.5. The number of nitro benzene ring substituents is 1. The van der Waals surface area contributed by atoms with Crippen LogP contribution in [0.5, 0.6) is 5.75 Å². The van der Waals surface area contributed by atoms with Gasteiger partial charge < -0.3 is 29.5 Å². The molecule has 0 bridgehead atoms. The molecule has 44 heavy (non-hydrogen) atoms. The summed E-state index contributed by atoms with van der Waals surface area (Å²) in [6, 6.07) is 13.0. The number of rotatable bonds is 8. The van der Waals surface area contributed by atoms with Gasteiger partial charge in [0.15, 0.2) is 0 Å². The van der Waals surface area contributed by atoms with Crippen LogP contribution in [0.2, 0.25) is 0 Å². The summed E-state index contributed by atoms with van der Waals surface area (Å²) in [7, 11) is 1.67. The van der Waals surface area contributed by atoms with Crippen molar-refractivity contribution in [3.05, 3.63) is 76.6 Å². The number of amides is 3. The molecule has 14 nitrogen and oxygen atoms in total. The van der Waals surface area contributed by atoms with E-state index in [0.29, 0.717) is 38.7 Å². The third-order valence-corrected chi connectivity index (χ3v) is 6.60. The third-order valence-electron chi connectivity index (χ3n) is 6.60. The van der Waals surface area contributed by atoms with Gasteiger partial charge in [-0.2, -0.15) is 0 Å². The van der Waals surface area contributed by atoms with E-state index in [9.17, 15) is 24.5 Å². The van der Waals surface area contributed by atoms with Crippen molar-refractivity contribution >= 4 is 29.7 Å². The summed E-state index contributed by atoms with van der Waals surface area (Å²) in [5, 5.41) is 13.3. The van der Waals surface area contributed by atoms with Gasteiger partial charge in [0.1, 0.15) is 17.9 Å². The molecule has 1 aliphatic rings. The van der Waals surface area contributed by atoms with Crippen molar-refractivity contribution in [1.29, 1.82) is 0 Å². The van der Waals surface area contributed by atoms with Crippen LogP contribution < -0.4 is 15.0 Å². The number of benzene rings is 2. The van der Waals surface area contributed by atoms with Gasteiger partial charge in [0, 0.05) is 69.9 Å². The monoisotopic (exact) mass is 605 g/mol. The van der Waals surface area contributed by atoms with E-state index in [-0.39, 0.29) is 23.9 Å². The molecule has 1 aliphatic heterocycles. The molecule has 0 aliphatic carbocycles. The van der Waals surface area contributed by atoms with Gasteiger partial charge in [0.2, 0.25) is 11.9 Å². The van der Waals surface area contributed by atoms with Gasteiger partial charge in [-0.1, -0.05) is 18.2 Å². The number of hydrogen-bond donors (Lipinski definition) is 1. The van der Waals surface area contributed by atoms with E-state index in [2.05, 4.69) is 15.3 Å². The van der Waals surface area contributed by atoms with E-state index < -0.39 is 22.7 Å². The normalized spacial score (nSPS) is 13.2. The minimum atomic E-state index is -0.646. The zero-order chi connectivity index (χ0) is 31.9. The topological polar surface area (TPSA) is 160 Å². The second-order valence-electron chi connectivity index (χ2n) is 11.2. The molecule has 0 saturated carbocycles. The molecule has 2 aromatic carbocycles. The van der Waals surface area contributed by atoms with Gasteiger partial charge in [-0.15, -0.1) is 0 Å². The summed E-state index contributed by atoms with van der Waals surface area (Å²) in [5.74, 6) is 0.518. The van der Waals surface area contributed by atoms with Gasteiger partial charge in [0.05, 0.1) is 4.92 Å². The van der Waals surface area contributed by atoms with Crippen molar-refractivity contribution in [3.8, 4) is 16.9 Å². The molecule has 0 spiro atoms. The maximum Gasteiger partial charge on any atom is 0.415 e. The number of hydrogen-bond acceptors (Lipinski definition) is 10. The molecule has 232 valence electrons. The van der Waals surface area contributed by atoms with Crippen LogP contribution in [-0.2, 0) is 16.1 Å².